The van der Waals surface area contributed by atoms with Crippen molar-refractivity contribution in [2.24, 2.45) is 0 Å². The molecule has 0 heterocycles. The number of hydrogen-bond donors (Lipinski definition) is 1. The fraction of sp³-hybridized carbons (Fsp3) is 0.444. The minimum Gasteiger partial charge on any atom is -0.349 e. The summed E-state index contributed by atoms with van der Waals surface area (Å²) in [6.45, 7) is 7.19. The molecule has 0 saturated heterocycles. The Morgan fingerprint density at radius 3 is 2.08 bits per heavy atom. The van der Waals surface area contributed by atoms with Crippen LogP contribution in [-0.2, 0) is 4.79 Å². The molecule has 3 nitrogen and oxygen atoms in total. The maximum absolute atomic E-state index is 10.3. The molecule has 12 heavy (non-hydrogen) atoms. The van der Waals surface area contributed by atoms with Gasteiger partial charge in [0.2, 0.25) is 5.91 Å². The summed E-state index contributed by atoms with van der Waals surface area (Å²) in [4.78, 5) is 12.3. The van der Waals surface area contributed by atoms with Crippen molar-refractivity contribution < 1.29 is 4.79 Å². The number of nitrogens with zero attached hydrogens (tertiary/aromatic N) is 1. The number of nitrogens with one attached hydrogen (secondary N) is 1. The highest BCUT2D eigenvalue weighted by Crippen LogP contribution is 1.64. The van der Waals surface area contributed by atoms with Crippen molar-refractivity contribution >= 4 is 5.91 Å². The predicted octanol–water partition coefficient (Wildman–Crippen LogP) is 0.652. The van der Waals surface area contributed by atoms with Crippen molar-refractivity contribution in [2.75, 3.05) is 27.7 Å². The predicted molar refractivity (Wildman–Crippen MR) is 53.0 cm³/mol. The lowest BCUT2D eigenvalue weighted by atomic mass is 10.5. The Morgan fingerprint density at radius 2 is 1.83 bits per heavy atom. The number of amides is 1. The first-order chi connectivity index (χ1) is 5.54. The lowest BCUT2D eigenvalue weighted by Gasteiger charge is -1.91. The van der Waals surface area contributed by atoms with Gasteiger partial charge >= 0.3 is 0 Å². The number of carbonyl (C=O) groups is 1. The number of rotatable bonds is 3. The molecule has 70 valence electrons. The highest BCUT2D eigenvalue weighted by atomic mass is 16.1. The molecule has 1 amide bonds. The lowest BCUT2D eigenvalue weighted by Crippen LogP contribution is -2.19. The van der Waals surface area contributed by atoms with Crippen LogP contribution in [0, 0.1) is 0 Å². The van der Waals surface area contributed by atoms with Crippen molar-refractivity contribution in [2.45, 2.75) is 0 Å². The number of carbonyl (C=O) groups excluding carboxylic acids is 1. The summed E-state index contributed by atoms with van der Waals surface area (Å²) in [6.07, 6.45) is 2.84. The van der Waals surface area contributed by atoms with Crippen LogP contribution in [0.2, 0.25) is 0 Å². The summed E-state index contributed by atoms with van der Waals surface area (Å²) in [7, 11) is 6.00. The summed E-state index contributed by atoms with van der Waals surface area (Å²) in [6, 6.07) is 0. The van der Waals surface area contributed by atoms with E-state index in [0.717, 1.165) is 0 Å². The zero-order chi connectivity index (χ0) is 9.98. The van der Waals surface area contributed by atoms with E-state index in [1.807, 2.05) is 26.0 Å². The lowest BCUT2D eigenvalue weighted by molar-refractivity contribution is -0.116. The molecule has 0 bridgehead atoms. The molecule has 0 atom stereocenters. The van der Waals surface area contributed by atoms with Crippen LogP contribution in [0.4, 0.5) is 0 Å². The van der Waals surface area contributed by atoms with E-state index in [0.29, 0.717) is 6.54 Å². The Hall–Kier alpha value is -1.09. The zero-order valence-corrected chi connectivity index (χ0v) is 8.13. The molecule has 0 aliphatic rings. The van der Waals surface area contributed by atoms with Crippen LogP contribution in [-0.4, -0.2) is 38.5 Å². The maximum atomic E-state index is 10.3. The van der Waals surface area contributed by atoms with Gasteiger partial charge in [0.15, 0.2) is 0 Å². The minimum absolute atomic E-state index is 0.162. The van der Waals surface area contributed by atoms with E-state index in [9.17, 15) is 4.79 Å². The van der Waals surface area contributed by atoms with E-state index in [4.69, 9.17) is 0 Å². The molecule has 0 aromatic carbocycles. The van der Waals surface area contributed by atoms with Gasteiger partial charge < -0.3 is 10.2 Å². The summed E-state index contributed by atoms with van der Waals surface area (Å²) >= 11 is 0. The van der Waals surface area contributed by atoms with E-state index in [1.165, 1.54) is 6.08 Å². The van der Waals surface area contributed by atoms with Crippen LogP contribution in [0.3, 0.4) is 0 Å². The van der Waals surface area contributed by atoms with Gasteiger partial charge in [-0.3, -0.25) is 4.79 Å². The first-order valence-electron chi connectivity index (χ1n) is 3.66. The van der Waals surface area contributed by atoms with Crippen molar-refractivity contribution in [3.8, 4) is 0 Å². The van der Waals surface area contributed by atoms with E-state index < -0.39 is 0 Å². The van der Waals surface area contributed by atoms with E-state index >= 15 is 0 Å². The van der Waals surface area contributed by atoms with E-state index in [2.05, 4.69) is 18.5 Å². The molecule has 1 N–H and O–H groups in total. The van der Waals surface area contributed by atoms with Gasteiger partial charge in [-0.15, -0.1) is 6.58 Å². The van der Waals surface area contributed by atoms with Gasteiger partial charge in [-0.25, -0.2) is 0 Å². The summed E-state index contributed by atoms with van der Waals surface area (Å²) in [5, 5.41) is 2.51. The van der Waals surface area contributed by atoms with Crippen molar-refractivity contribution in [3.63, 3.8) is 0 Å². The maximum Gasteiger partial charge on any atom is 0.243 e. The molecule has 0 rings (SSSR count). The molecular weight excluding hydrogens is 152 g/mol. The normalized spacial score (nSPS) is 8.00. The molecule has 0 aromatic rings. The van der Waals surface area contributed by atoms with Gasteiger partial charge in [0.05, 0.1) is 0 Å². The third-order valence-corrected chi connectivity index (χ3v) is 0.606. The highest BCUT2D eigenvalue weighted by Gasteiger charge is 1.85. The molecule has 0 aromatic heterocycles. The van der Waals surface area contributed by atoms with Gasteiger partial charge in [0.25, 0.3) is 0 Å². The standard InChI is InChI=1S/C6H9NO.C3H9N/c1-3-5-7-6(8)4-2;1-4(2)3/h3-4H,1-2,5H2,(H,7,8);1-3H3. The fourth-order valence-electron chi connectivity index (χ4n) is 0.245. The van der Waals surface area contributed by atoms with Gasteiger partial charge in [0.1, 0.15) is 0 Å². The second-order valence-electron chi connectivity index (χ2n) is 2.58. The van der Waals surface area contributed by atoms with Gasteiger partial charge in [0, 0.05) is 6.54 Å². The smallest absolute Gasteiger partial charge is 0.243 e. The Labute approximate surface area is 74.8 Å². The molecule has 0 spiro atoms. The summed E-state index contributed by atoms with van der Waals surface area (Å²) in [5.41, 5.74) is 0. The molecule has 0 unspecified atom stereocenters. The molecular formula is C9H18N2O. The van der Waals surface area contributed by atoms with Crippen LogP contribution in [0.25, 0.3) is 0 Å². The molecule has 0 aliphatic carbocycles. The molecule has 0 saturated carbocycles. The third-order valence-electron chi connectivity index (χ3n) is 0.606. The molecule has 3 heteroatoms. The quantitative estimate of drug-likeness (QED) is 0.498. The Kier molecular flexibility index (Phi) is 11.1. The van der Waals surface area contributed by atoms with Gasteiger partial charge in [-0.1, -0.05) is 12.7 Å². The monoisotopic (exact) mass is 170 g/mol. The topological polar surface area (TPSA) is 32.3 Å². The van der Waals surface area contributed by atoms with Crippen LogP contribution in [0.5, 0.6) is 0 Å². The Morgan fingerprint density at radius 1 is 1.42 bits per heavy atom. The minimum atomic E-state index is -0.162. The largest absolute Gasteiger partial charge is 0.349 e. The van der Waals surface area contributed by atoms with Crippen LogP contribution in [0.15, 0.2) is 25.3 Å². The molecule has 0 aliphatic heterocycles. The van der Waals surface area contributed by atoms with Crippen LogP contribution in [0.1, 0.15) is 0 Å². The fourth-order valence-corrected chi connectivity index (χ4v) is 0.245. The summed E-state index contributed by atoms with van der Waals surface area (Å²) in [5.74, 6) is -0.162. The van der Waals surface area contributed by atoms with Crippen molar-refractivity contribution in [1.29, 1.82) is 0 Å². The van der Waals surface area contributed by atoms with Crippen molar-refractivity contribution in [3.05, 3.63) is 25.3 Å². The average molecular weight is 170 g/mol. The highest BCUT2D eigenvalue weighted by molar-refractivity contribution is 5.86. The van der Waals surface area contributed by atoms with Gasteiger partial charge in [-0.05, 0) is 27.2 Å². The van der Waals surface area contributed by atoms with Crippen LogP contribution < -0.4 is 5.32 Å². The van der Waals surface area contributed by atoms with Gasteiger partial charge in [-0.2, -0.15) is 0 Å². The first kappa shape index (κ1) is 13.5. The summed E-state index contributed by atoms with van der Waals surface area (Å²) < 4.78 is 0. The number of hydrogen-bond acceptors (Lipinski definition) is 2. The van der Waals surface area contributed by atoms with Crippen molar-refractivity contribution in [1.82, 2.24) is 10.2 Å². The average Bonchev–Trinajstić information content (AvgIpc) is 1.99. The second-order valence-corrected chi connectivity index (χ2v) is 2.58. The SMILES string of the molecule is C=CCNC(=O)C=C.CN(C)C. The zero-order valence-electron chi connectivity index (χ0n) is 8.13. The molecule has 0 radical (unpaired) electrons. The Balaban J connectivity index is 0. The van der Waals surface area contributed by atoms with Crippen LogP contribution >= 0.6 is 0 Å². The first-order valence-corrected chi connectivity index (χ1v) is 3.66. The third kappa shape index (κ3) is 23.1. The van der Waals surface area contributed by atoms with E-state index in [-0.39, 0.29) is 5.91 Å². The van der Waals surface area contributed by atoms with E-state index in [1.54, 1.807) is 6.08 Å². The Bertz CT molecular complexity index is 139. The second kappa shape index (κ2) is 9.91. The molecule has 0 fully saturated rings.